The average molecular weight is 245 g/mol. The average Bonchev–Trinajstić information content (AvgIpc) is 2.23. The van der Waals surface area contributed by atoms with Crippen molar-refractivity contribution in [3.05, 3.63) is 29.6 Å². The number of methoxy groups -OCH3 is 1. The maximum atomic E-state index is 13.5. The molecule has 0 aliphatic carbocycles. The molecule has 0 bridgehead atoms. The highest BCUT2D eigenvalue weighted by Crippen LogP contribution is 2.31. The minimum atomic E-state index is -1.27. The Morgan fingerprint density at radius 1 is 1.41 bits per heavy atom. The molecule has 1 aromatic rings. The van der Waals surface area contributed by atoms with Gasteiger partial charge in [-0.25, -0.2) is 18.0 Å². The third kappa shape index (κ3) is 1.94. The van der Waals surface area contributed by atoms with E-state index in [1.807, 2.05) is 0 Å². The monoisotopic (exact) mass is 245 g/mol. The second-order valence-corrected chi connectivity index (χ2v) is 3.74. The predicted molar refractivity (Wildman–Crippen MR) is 54.1 cm³/mol. The lowest BCUT2D eigenvalue weighted by atomic mass is 10.0. The highest BCUT2D eigenvalue weighted by atomic mass is 19.2. The fraction of sp³-hybridized carbons (Fsp3) is 0.364. The fourth-order valence-electron chi connectivity index (χ4n) is 1.81. The molecule has 0 aromatic heterocycles. The molecule has 0 N–H and O–H groups in total. The van der Waals surface area contributed by atoms with E-state index in [0.717, 1.165) is 6.07 Å². The molecule has 1 aromatic carbocycles. The highest BCUT2D eigenvalue weighted by molar-refractivity contribution is 5.82. The number of anilines is 1. The first-order chi connectivity index (χ1) is 8.04. The van der Waals surface area contributed by atoms with Gasteiger partial charge in [0.15, 0.2) is 11.6 Å². The van der Waals surface area contributed by atoms with Gasteiger partial charge in [0.2, 0.25) is 0 Å². The van der Waals surface area contributed by atoms with Gasteiger partial charge in [-0.2, -0.15) is 0 Å². The number of carbonyl (C=O) groups excluding carboxylic acids is 1. The van der Waals surface area contributed by atoms with Gasteiger partial charge in [-0.15, -0.1) is 0 Å². The SMILES string of the molecule is COC(=O)C1CCN1c1cc(F)cc(F)c1F. The molecule has 1 unspecified atom stereocenters. The second kappa shape index (κ2) is 4.27. The third-order valence-corrected chi connectivity index (χ3v) is 2.78. The van der Waals surface area contributed by atoms with Crippen LogP contribution in [-0.2, 0) is 9.53 Å². The first-order valence-corrected chi connectivity index (χ1v) is 5.03. The van der Waals surface area contributed by atoms with E-state index in [0.29, 0.717) is 19.0 Å². The van der Waals surface area contributed by atoms with Crippen LogP contribution >= 0.6 is 0 Å². The molecule has 17 heavy (non-hydrogen) atoms. The molecule has 1 saturated heterocycles. The van der Waals surface area contributed by atoms with E-state index in [-0.39, 0.29) is 5.69 Å². The van der Waals surface area contributed by atoms with E-state index < -0.39 is 29.5 Å². The van der Waals surface area contributed by atoms with Crippen molar-refractivity contribution >= 4 is 11.7 Å². The molecule has 1 aliphatic rings. The molecule has 1 atom stereocenters. The van der Waals surface area contributed by atoms with Gasteiger partial charge >= 0.3 is 5.97 Å². The summed E-state index contributed by atoms with van der Waals surface area (Å²) < 4.78 is 44.0. The number of ether oxygens (including phenoxy) is 1. The van der Waals surface area contributed by atoms with Gasteiger partial charge in [0.05, 0.1) is 12.8 Å². The van der Waals surface area contributed by atoms with Crippen LogP contribution < -0.4 is 4.90 Å². The lowest BCUT2D eigenvalue weighted by molar-refractivity contribution is -0.143. The summed E-state index contributed by atoms with van der Waals surface area (Å²) in [5.74, 6) is -3.84. The molecular formula is C11H10F3NO2. The minimum Gasteiger partial charge on any atom is -0.467 e. The van der Waals surface area contributed by atoms with Crippen molar-refractivity contribution in [1.29, 1.82) is 0 Å². The molecule has 3 nitrogen and oxygen atoms in total. The number of hydrogen-bond donors (Lipinski definition) is 0. The van der Waals surface area contributed by atoms with E-state index in [9.17, 15) is 18.0 Å². The van der Waals surface area contributed by atoms with E-state index in [1.165, 1.54) is 12.0 Å². The van der Waals surface area contributed by atoms with Gasteiger partial charge < -0.3 is 9.64 Å². The topological polar surface area (TPSA) is 29.5 Å². The Bertz CT molecular complexity index is 464. The van der Waals surface area contributed by atoms with Gasteiger partial charge in [-0.1, -0.05) is 0 Å². The first kappa shape index (κ1) is 11.8. The van der Waals surface area contributed by atoms with Crippen LogP contribution in [0.1, 0.15) is 6.42 Å². The summed E-state index contributed by atoms with van der Waals surface area (Å²) in [4.78, 5) is 12.6. The quantitative estimate of drug-likeness (QED) is 0.588. The van der Waals surface area contributed by atoms with Crippen molar-refractivity contribution in [3.8, 4) is 0 Å². The van der Waals surface area contributed by atoms with Gasteiger partial charge in [0.25, 0.3) is 0 Å². The Hall–Kier alpha value is -1.72. The zero-order valence-corrected chi connectivity index (χ0v) is 9.04. The second-order valence-electron chi connectivity index (χ2n) is 3.74. The zero-order chi connectivity index (χ0) is 12.6. The Morgan fingerprint density at radius 2 is 2.12 bits per heavy atom. The fourth-order valence-corrected chi connectivity index (χ4v) is 1.81. The van der Waals surface area contributed by atoms with Crippen LogP contribution in [0.25, 0.3) is 0 Å². The van der Waals surface area contributed by atoms with Gasteiger partial charge in [-0.05, 0) is 6.42 Å². The summed E-state index contributed by atoms with van der Waals surface area (Å²) in [7, 11) is 1.21. The molecule has 0 amide bonds. The van der Waals surface area contributed by atoms with Crippen LogP contribution in [0.2, 0.25) is 0 Å². The summed E-state index contributed by atoms with van der Waals surface area (Å²) in [5.41, 5.74) is -0.246. The van der Waals surface area contributed by atoms with E-state index in [4.69, 9.17) is 0 Å². The molecule has 2 rings (SSSR count). The zero-order valence-electron chi connectivity index (χ0n) is 9.04. The molecular weight excluding hydrogens is 235 g/mol. The third-order valence-electron chi connectivity index (χ3n) is 2.78. The number of hydrogen-bond acceptors (Lipinski definition) is 3. The summed E-state index contributed by atoms with van der Waals surface area (Å²) in [6.07, 6.45) is 0.476. The lowest BCUT2D eigenvalue weighted by Crippen LogP contribution is -2.53. The van der Waals surface area contributed by atoms with E-state index in [2.05, 4.69) is 4.74 Å². The molecule has 0 radical (unpaired) electrons. The first-order valence-electron chi connectivity index (χ1n) is 5.03. The van der Waals surface area contributed by atoms with Crippen LogP contribution in [0.5, 0.6) is 0 Å². The molecule has 0 saturated carbocycles. The number of benzene rings is 1. The summed E-state index contributed by atoms with van der Waals surface area (Å²) in [5, 5.41) is 0. The standard InChI is InChI=1S/C11H10F3NO2/c1-17-11(16)8-2-3-15(8)9-5-6(12)4-7(13)10(9)14/h4-5,8H,2-3H2,1H3. The van der Waals surface area contributed by atoms with Gasteiger partial charge in [0.1, 0.15) is 11.9 Å². The highest BCUT2D eigenvalue weighted by Gasteiger charge is 2.37. The van der Waals surface area contributed by atoms with Crippen LogP contribution in [0.4, 0.5) is 18.9 Å². The maximum absolute atomic E-state index is 13.5. The van der Waals surface area contributed by atoms with Crippen LogP contribution in [0, 0.1) is 17.5 Å². The van der Waals surface area contributed by atoms with Crippen LogP contribution in [-0.4, -0.2) is 25.7 Å². The van der Waals surface area contributed by atoms with Crippen LogP contribution in [0.15, 0.2) is 12.1 Å². The smallest absolute Gasteiger partial charge is 0.328 e. The summed E-state index contributed by atoms with van der Waals surface area (Å²) in [6.45, 7) is 0.361. The number of nitrogens with zero attached hydrogens (tertiary/aromatic N) is 1. The molecule has 1 heterocycles. The van der Waals surface area contributed by atoms with E-state index in [1.54, 1.807) is 0 Å². The number of esters is 1. The summed E-state index contributed by atoms with van der Waals surface area (Å²) in [6, 6.07) is 0.662. The Kier molecular flexibility index (Phi) is 2.95. The lowest BCUT2D eigenvalue weighted by Gasteiger charge is -2.40. The van der Waals surface area contributed by atoms with Crippen molar-refractivity contribution < 1.29 is 22.7 Å². The largest absolute Gasteiger partial charge is 0.467 e. The van der Waals surface area contributed by atoms with Gasteiger partial charge in [-0.3, -0.25) is 0 Å². The Balaban J connectivity index is 2.32. The number of rotatable bonds is 2. The molecule has 1 fully saturated rings. The number of carbonyl (C=O) groups is 1. The summed E-state index contributed by atoms with van der Waals surface area (Å²) >= 11 is 0. The van der Waals surface area contributed by atoms with Crippen LogP contribution in [0.3, 0.4) is 0 Å². The van der Waals surface area contributed by atoms with Crippen molar-refractivity contribution in [2.75, 3.05) is 18.6 Å². The van der Waals surface area contributed by atoms with E-state index >= 15 is 0 Å². The number of halogens is 3. The van der Waals surface area contributed by atoms with Crippen molar-refractivity contribution in [2.45, 2.75) is 12.5 Å². The van der Waals surface area contributed by atoms with Crippen molar-refractivity contribution in [1.82, 2.24) is 0 Å². The van der Waals surface area contributed by atoms with Crippen molar-refractivity contribution in [3.63, 3.8) is 0 Å². The molecule has 0 spiro atoms. The van der Waals surface area contributed by atoms with Crippen molar-refractivity contribution in [2.24, 2.45) is 0 Å². The maximum Gasteiger partial charge on any atom is 0.328 e. The predicted octanol–water partition coefficient (Wildman–Crippen LogP) is 1.86. The molecule has 92 valence electrons. The molecule has 1 aliphatic heterocycles. The molecule has 6 heteroatoms. The normalized spacial score (nSPS) is 18.8. The van der Waals surface area contributed by atoms with Gasteiger partial charge in [0, 0.05) is 18.7 Å². The Labute approximate surface area is 95.8 Å². The Morgan fingerprint density at radius 3 is 2.65 bits per heavy atom. The minimum absolute atomic E-state index is 0.246.